The Kier molecular flexibility index (Phi) is 2.95. The Morgan fingerprint density at radius 1 is 1.17 bits per heavy atom. The van der Waals surface area contributed by atoms with Crippen LogP contribution in [0, 0.1) is 0 Å². The molecule has 0 amide bonds. The molecule has 18 heavy (non-hydrogen) atoms. The third-order valence-corrected chi connectivity index (χ3v) is 3.08. The zero-order valence-corrected chi connectivity index (χ0v) is 10.7. The Morgan fingerprint density at radius 2 is 1.83 bits per heavy atom. The maximum Gasteiger partial charge on any atom is 0.416 e. The van der Waals surface area contributed by atoms with Gasteiger partial charge >= 0.3 is 6.18 Å². The highest BCUT2D eigenvalue weighted by Crippen LogP contribution is 2.38. The van der Waals surface area contributed by atoms with E-state index in [2.05, 4.69) is 31.0 Å². The average Bonchev–Trinajstić information content (AvgIpc) is 2.25. The number of hydrogen-bond acceptors (Lipinski definition) is 2. The van der Waals surface area contributed by atoms with Crippen molar-refractivity contribution in [3.8, 4) is 0 Å². The molecule has 0 atom stereocenters. The van der Waals surface area contributed by atoms with Gasteiger partial charge in [-0.15, -0.1) is 0 Å². The number of nitrogens with zero attached hydrogens (tertiary/aromatic N) is 1. The predicted octanol–water partition coefficient (Wildman–Crippen LogP) is 3.74. The first-order chi connectivity index (χ1) is 8.19. The van der Waals surface area contributed by atoms with Gasteiger partial charge in [0.15, 0.2) is 0 Å². The van der Waals surface area contributed by atoms with E-state index in [-0.39, 0.29) is 5.54 Å². The highest BCUT2D eigenvalue weighted by atomic mass is 19.4. The first kappa shape index (κ1) is 13.1. The number of rotatable bonds is 0. The molecule has 1 aromatic carbocycles. The maximum absolute atomic E-state index is 12.6. The van der Waals surface area contributed by atoms with Gasteiger partial charge in [0.05, 0.1) is 16.9 Å². The van der Waals surface area contributed by atoms with E-state index < -0.39 is 11.7 Å². The third kappa shape index (κ3) is 2.40. The number of alkyl halides is 3. The van der Waals surface area contributed by atoms with Gasteiger partial charge in [0.1, 0.15) is 0 Å². The molecule has 0 saturated heterocycles. The van der Waals surface area contributed by atoms with Gasteiger partial charge < -0.3 is 10.2 Å². The highest BCUT2D eigenvalue weighted by Gasteiger charge is 2.33. The molecule has 1 aromatic rings. The zero-order chi connectivity index (χ0) is 13.6. The number of nitrogens with one attached hydrogen (secondary N) is 1. The van der Waals surface area contributed by atoms with Crippen LogP contribution in [0.5, 0.6) is 0 Å². The van der Waals surface area contributed by atoms with E-state index in [9.17, 15) is 13.2 Å². The highest BCUT2D eigenvalue weighted by molar-refractivity contribution is 5.74. The van der Waals surface area contributed by atoms with E-state index in [4.69, 9.17) is 0 Å². The second-order valence-corrected chi connectivity index (χ2v) is 5.48. The molecule has 0 bridgehead atoms. The monoisotopic (exact) mass is 258 g/mol. The first-order valence-electron chi connectivity index (χ1n) is 5.92. The number of halogens is 3. The van der Waals surface area contributed by atoms with Crippen LogP contribution in [-0.4, -0.2) is 18.6 Å². The Labute approximate surface area is 105 Å². The van der Waals surface area contributed by atoms with E-state index in [1.165, 1.54) is 6.07 Å². The number of hydrogen-bond donors (Lipinski definition) is 1. The molecule has 1 aliphatic heterocycles. The van der Waals surface area contributed by atoms with E-state index >= 15 is 0 Å². The smallest absolute Gasteiger partial charge is 0.382 e. The Morgan fingerprint density at radius 3 is 2.39 bits per heavy atom. The summed E-state index contributed by atoms with van der Waals surface area (Å²) < 4.78 is 37.9. The van der Waals surface area contributed by atoms with Gasteiger partial charge in [-0.25, -0.2) is 0 Å². The van der Waals surface area contributed by atoms with Crippen molar-refractivity contribution in [1.29, 1.82) is 0 Å². The summed E-state index contributed by atoms with van der Waals surface area (Å²) in [5.74, 6) is 0. The second-order valence-electron chi connectivity index (χ2n) is 5.48. The SMILES string of the molecule is CC(C)(C)N1CCNc2cc(C(F)(F)F)ccc21. The van der Waals surface area contributed by atoms with Crippen LogP contribution in [0.1, 0.15) is 26.3 Å². The quantitative estimate of drug-likeness (QED) is 0.762. The van der Waals surface area contributed by atoms with Crippen LogP contribution in [0.25, 0.3) is 0 Å². The molecule has 1 heterocycles. The van der Waals surface area contributed by atoms with Crippen molar-refractivity contribution in [3.05, 3.63) is 23.8 Å². The van der Waals surface area contributed by atoms with Gasteiger partial charge in [-0.05, 0) is 39.0 Å². The lowest BCUT2D eigenvalue weighted by molar-refractivity contribution is -0.137. The van der Waals surface area contributed by atoms with Gasteiger partial charge in [0.2, 0.25) is 0 Å². The van der Waals surface area contributed by atoms with Crippen molar-refractivity contribution < 1.29 is 13.2 Å². The van der Waals surface area contributed by atoms with Gasteiger partial charge in [-0.3, -0.25) is 0 Å². The van der Waals surface area contributed by atoms with E-state index in [0.717, 1.165) is 18.3 Å². The first-order valence-corrected chi connectivity index (χ1v) is 5.92. The maximum atomic E-state index is 12.6. The fourth-order valence-corrected chi connectivity index (χ4v) is 2.21. The molecule has 100 valence electrons. The van der Waals surface area contributed by atoms with E-state index in [1.54, 1.807) is 6.07 Å². The van der Waals surface area contributed by atoms with Crippen LogP contribution in [0.4, 0.5) is 24.5 Å². The molecule has 0 aromatic heterocycles. The van der Waals surface area contributed by atoms with Crippen molar-refractivity contribution in [1.82, 2.24) is 0 Å². The molecule has 0 saturated carbocycles. The van der Waals surface area contributed by atoms with Crippen LogP contribution in [0.2, 0.25) is 0 Å². The predicted molar refractivity (Wildman–Crippen MR) is 67.0 cm³/mol. The van der Waals surface area contributed by atoms with Gasteiger partial charge in [-0.2, -0.15) is 13.2 Å². The Hall–Kier alpha value is -1.39. The van der Waals surface area contributed by atoms with Crippen molar-refractivity contribution in [2.75, 3.05) is 23.3 Å². The minimum atomic E-state index is -4.29. The van der Waals surface area contributed by atoms with Crippen LogP contribution in [0.15, 0.2) is 18.2 Å². The molecule has 0 aliphatic carbocycles. The summed E-state index contributed by atoms with van der Waals surface area (Å²) in [5, 5.41) is 3.04. The Bertz CT molecular complexity index is 447. The lowest BCUT2D eigenvalue weighted by atomic mass is 10.0. The topological polar surface area (TPSA) is 15.3 Å². The summed E-state index contributed by atoms with van der Waals surface area (Å²) in [4.78, 5) is 2.12. The molecule has 5 heteroatoms. The molecular formula is C13H17F3N2. The summed E-state index contributed by atoms with van der Waals surface area (Å²) in [5.41, 5.74) is 0.689. The zero-order valence-electron chi connectivity index (χ0n) is 10.7. The Balaban J connectivity index is 2.43. The van der Waals surface area contributed by atoms with Crippen molar-refractivity contribution in [3.63, 3.8) is 0 Å². The molecule has 2 rings (SSSR count). The van der Waals surface area contributed by atoms with Crippen LogP contribution >= 0.6 is 0 Å². The lowest BCUT2D eigenvalue weighted by Crippen LogP contribution is -2.46. The second kappa shape index (κ2) is 4.07. The van der Waals surface area contributed by atoms with Crippen molar-refractivity contribution >= 4 is 11.4 Å². The fourth-order valence-electron chi connectivity index (χ4n) is 2.21. The molecule has 1 N–H and O–H groups in total. The van der Waals surface area contributed by atoms with E-state index in [1.807, 2.05) is 0 Å². The summed E-state index contributed by atoms with van der Waals surface area (Å²) >= 11 is 0. The average molecular weight is 258 g/mol. The summed E-state index contributed by atoms with van der Waals surface area (Å²) in [6, 6.07) is 3.88. The number of benzene rings is 1. The van der Waals surface area contributed by atoms with Gasteiger partial charge in [0, 0.05) is 18.6 Å². The lowest BCUT2D eigenvalue weighted by Gasteiger charge is -2.42. The van der Waals surface area contributed by atoms with Crippen LogP contribution in [-0.2, 0) is 6.18 Å². The number of anilines is 2. The molecule has 0 fully saturated rings. The molecule has 0 unspecified atom stereocenters. The summed E-state index contributed by atoms with van der Waals surface area (Å²) in [7, 11) is 0. The normalized spacial score (nSPS) is 16.2. The van der Waals surface area contributed by atoms with Gasteiger partial charge in [-0.1, -0.05) is 0 Å². The molecule has 1 aliphatic rings. The fraction of sp³-hybridized carbons (Fsp3) is 0.538. The van der Waals surface area contributed by atoms with Gasteiger partial charge in [0.25, 0.3) is 0 Å². The van der Waals surface area contributed by atoms with Crippen LogP contribution in [0.3, 0.4) is 0 Å². The third-order valence-electron chi connectivity index (χ3n) is 3.08. The molecular weight excluding hydrogens is 241 g/mol. The minimum Gasteiger partial charge on any atom is -0.382 e. The van der Waals surface area contributed by atoms with Crippen molar-refractivity contribution in [2.24, 2.45) is 0 Å². The largest absolute Gasteiger partial charge is 0.416 e. The molecule has 0 radical (unpaired) electrons. The molecule has 2 nitrogen and oxygen atoms in total. The number of fused-ring (bicyclic) bond motifs is 1. The standard InChI is InChI=1S/C13H17F3N2/c1-12(2,3)18-7-6-17-10-8-9(13(14,15)16)4-5-11(10)18/h4-5,8,17H,6-7H2,1-3H3. The van der Waals surface area contributed by atoms with Crippen molar-refractivity contribution in [2.45, 2.75) is 32.5 Å². The molecule has 0 spiro atoms. The van der Waals surface area contributed by atoms with E-state index in [0.29, 0.717) is 12.2 Å². The summed E-state index contributed by atoms with van der Waals surface area (Å²) in [6.07, 6.45) is -4.29. The summed E-state index contributed by atoms with van der Waals surface area (Å²) in [6.45, 7) is 7.62. The van der Waals surface area contributed by atoms with Crippen LogP contribution < -0.4 is 10.2 Å². The minimum absolute atomic E-state index is 0.101.